The number of carbonyl (C=O) groups is 2. The Morgan fingerprint density at radius 3 is 2.38 bits per heavy atom. The second-order valence-corrected chi connectivity index (χ2v) is 6.24. The van der Waals surface area contributed by atoms with E-state index in [1.165, 1.54) is 6.92 Å². The van der Waals surface area contributed by atoms with Crippen molar-refractivity contribution in [3.8, 4) is 0 Å². The molecule has 0 unspecified atom stereocenters. The number of ether oxygens (including phenoxy) is 1. The summed E-state index contributed by atoms with van der Waals surface area (Å²) in [6.07, 6.45) is -0.825. The molecule has 0 spiro atoms. The Kier molecular flexibility index (Phi) is 4.58. The van der Waals surface area contributed by atoms with Gasteiger partial charge in [-0.2, -0.15) is 0 Å². The van der Waals surface area contributed by atoms with Gasteiger partial charge in [-0.05, 0) is 24.1 Å². The van der Waals surface area contributed by atoms with Crippen LogP contribution < -0.4 is 0 Å². The summed E-state index contributed by atoms with van der Waals surface area (Å²) in [5.74, 6) is -0.677. The van der Waals surface area contributed by atoms with Gasteiger partial charge < -0.3 is 9.64 Å². The summed E-state index contributed by atoms with van der Waals surface area (Å²) >= 11 is 6.32. The van der Waals surface area contributed by atoms with Gasteiger partial charge in [-0.1, -0.05) is 60.1 Å². The van der Waals surface area contributed by atoms with Crippen LogP contribution >= 0.6 is 11.6 Å². The number of hydrogen-bond acceptors (Lipinski definition) is 3. The SMILES string of the molecule is CC(=O)O[C@@H]1C(=O)N([C@@H](C)c2ccccc2)[C@@H]1c1ccccc1Cl. The first kappa shape index (κ1) is 16.5. The summed E-state index contributed by atoms with van der Waals surface area (Å²) in [7, 11) is 0. The Morgan fingerprint density at radius 1 is 1.12 bits per heavy atom. The first-order chi connectivity index (χ1) is 11.5. The van der Waals surface area contributed by atoms with Gasteiger partial charge in [0, 0.05) is 11.9 Å². The highest BCUT2D eigenvalue weighted by atomic mass is 35.5. The molecule has 0 saturated carbocycles. The smallest absolute Gasteiger partial charge is 0.303 e. The number of hydrogen-bond donors (Lipinski definition) is 0. The fraction of sp³-hybridized carbons (Fsp3) is 0.263. The van der Waals surface area contributed by atoms with E-state index in [1.807, 2.05) is 55.5 Å². The topological polar surface area (TPSA) is 46.6 Å². The first-order valence-corrected chi connectivity index (χ1v) is 8.17. The van der Waals surface area contributed by atoms with Crippen LogP contribution in [0.2, 0.25) is 5.02 Å². The lowest BCUT2D eigenvalue weighted by atomic mass is 9.87. The number of benzene rings is 2. The third-order valence-corrected chi connectivity index (χ3v) is 4.64. The number of amides is 1. The van der Waals surface area contributed by atoms with Crippen LogP contribution in [-0.2, 0) is 14.3 Å². The molecule has 3 rings (SSSR count). The third kappa shape index (κ3) is 2.89. The van der Waals surface area contributed by atoms with Crippen molar-refractivity contribution in [1.29, 1.82) is 0 Å². The van der Waals surface area contributed by atoms with Crippen molar-refractivity contribution in [2.45, 2.75) is 32.0 Å². The molecule has 124 valence electrons. The fourth-order valence-corrected chi connectivity index (χ4v) is 3.38. The minimum absolute atomic E-state index is 0.146. The van der Waals surface area contributed by atoms with Crippen molar-refractivity contribution in [2.24, 2.45) is 0 Å². The van der Waals surface area contributed by atoms with Crippen LogP contribution in [0.5, 0.6) is 0 Å². The summed E-state index contributed by atoms with van der Waals surface area (Å²) in [6, 6.07) is 16.5. The van der Waals surface area contributed by atoms with E-state index >= 15 is 0 Å². The molecule has 2 aromatic rings. The lowest BCUT2D eigenvalue weighted by Gasteiger charge is -2.49. The second kappa shape index (κ2) is 6.65. The Bertz CT molecular complexity index is 762. The molecule has 0 N–H and O–H groups in total. The van der Waals surface area contributed by atoms with Crippen LogP contribution in [0.3, 0.4) is 0 Å². The van der Waals surface area contributed by atoms with E-state index in [9.17, 15) is 9.59 Å². The van der Waals surface area contributed by atoms with E-state index in [2.05, 4.69) is 0 Å². The minimum atomic E-state index is -0.825. The van der Waals surface area contributed by atoms with Gasteiger partial charge in [-0.15, -0.1) is 0 Å². The molecule has 4 nitrogen and oxygen atoms in total. The van der Waals surface area contributed by atoms with Gasteiger partial charge >= 0.3 is 5.97 Å². The largest absolute Gasteiger partial charge is 0.450 e. The van der Waals surface area contributed by atoms with Gasteiger partial charge in [-0.3, -0.25) is 9.59 Å². The van der Waals surface area contributed by atoms with Gasteiger partial charge in [-0.25, -0.2) is 0 Å². The maximum atomic E-state index is 12.6. The normalized spacial score (nSPS) is 21.1. The van der Waals surface area contributed by atoms with Crippen molar-refractivity contribution < 1.29 is 14.3 Å². The molecule has 1 saturated heterocycles. The number of likely N-dealkylation sites (tertiary alicyclic amines) is 1. The zero-order valence-corrected chi connectivity index (χ0v) is 14.2. The fourth-order valence-electron chi connectivity index (χ4n) is 3.13. The number of nitrogens with zero attached hydrogens (tertiary/aromatic N) is 1. The molecular weight excluding hydrogens is 326 g/mol. The maximum absolute atomic E-state index is 12.6. The van der Waals surface area contributed by atoms with E-state index in [1.54, 1.807) is 11.0 Å². The molecule has 3 atom stereocenters. The van der Waals surface area contributed by atoms with Crippen LogP contribution in [0.1, 0.15) is 37.1 Å². The molecule has 0 aromatic heterocycles. The summed E-state index contributed by atoms with van der Waals surface area (Å²) in [4.78, 5) is 25.7. The number of rotatable bonds is 4. The molecular formula is C19H18ClNO3. The predicted octanol–water partition coefficient (Wildman–Crippen LogP) is 3.92. The highest BCUT2D eigenvalue weighted by Gasteiger charge is 2.53. The van der Waals surface area contributed by atoms with Crippen LogP contribution in [0.15, 0.2) is 54.6 Å². The van der Waals surface area contributed by atoms with E-state index < -0.39 is 12.1 Å². The zero-order valence-electron chi connectivity index (χ0n) is 13.5. The van der Waals surface area contributed by atoms with Crippen molar-refractivity contribution >= 4 is 23.5 Å². The zero-order chi connectivity index (χ0) is 17.3. The van der Waals surface area contributed by atoms with Crippen molar-refractivity contribution in [3.05, 3.63) is 70.7 Å². The highest BCUT2D eigenvalue weighted by Crippen LogP contribution is 2.45. The molecule has 0 aliphatic carbocycles. The number of esters is 1. The third-order valence-electron chi connectivity index (χ3n) is 4.30. The summed E-state index contributed by atoms with van der Waals surface area (Å²) in [6.45, 7) is 3.27. The molecule has 1 aliphatic rings. The van der Waals surface area contributed by atoms with Crippen molar-refractivity contribution in [3.63, 3.8) is 0 Å². The van der Waals surface area contributed by atoms with E-state index in [0.717, 1.165) is 11.1 Å². The van der Waals surface area contributed by atoms with Gasteiger partial charge in [0.2, 0.25) is 6.10 Å². The average molecular weight is 344 g/mol. The molecule has 1 fully saturated rings. The van der Waals surface area contributed by atoms with Crippen LogP contribution in [-0.4, -0.2) is 22.9 Å². The van der Waals surface area contributed by atoms with Crippen LogP contribution in [0.25, 0.3) is 0 Å². The monoisotopic (exact) mass is 343 g/mol. The molecule has 2 aromatic carbocycles. The van der Waals surface area contributed by atoms with Crippen LogP contribution in [0, 0.1) is 0 Å². The Balaban J connectivity index is 1.97. The molecule has 1 amide bonds. The van der Waals surface area contributed by atoms with Gasteiger partial charge in [0.25, 0.3) is 5.91 Å². The molecule has 5 heteroatoms. The van der Waals surface area contributed by atoms with E-state index in [-0.39, 0.29) is 18.0 Å². The van der Waals surface area contributed by atoms with E-state index in [0.29, 0.717) is 5.02 Å². The number of carbonyl (C=O) groups excluding carboxylic acids is 2. The Labute approximate surface area is 146 Å². The molecule has 1 aliphatic heterocycles. The van der Waals surface area contributed by atoms with Crippen LogP contribution in [0.4, 0.5) is 0 Å². The summed E-state index contributed by atoms with van der Waals surface area (Å²) in [5, 5.41) is 0.553. The second-order valence-electron chi connectivity index (χ2n) is 5.83. The van der Waals surface area contributed by atoms with Crippen molar-refractivity contribution in [1.82, 2.24) is 4.90 Å². The standard InChI is InChI=1S/C19H18ClNO3/c1-12(14-8-4-3-5-9-14)21-17(15-10-6-7-11-16(15)20)18(19(21)23)24-13(2)22/h3-12,17-18H,1-2H3/t12-,17+,18-/m0/s1. The first-order valence-electron chi connectivity index (χ1n) is 7.79. The highest BCUT2D eigenvalue weighted by molar-refractivity contribution is 6.31. The lowest BCUT2D eigenvalue weighted by molar-refractivity contribution is -0.186. The molecule has 1 heterocycles. The molecule has 0 bridgehead atoms. The molecule has 0 radical (unpaired) electrons. The minimum Gasteiger partial charge on any atom is -0.450 e. The average Bonchev–Trinajstić information content (AvgIpc) is 2.58. The number of β-lactam (4-membered cyclic amide) rings is 1. The predicted molar refractivity (Wildman–Crippen MR) is 91.5 cm³/mol. The van der Waals surface area contributed by atoms with Gasteiger partial charge in [0.15, 0.2) is 0 Å². The Hall–Kier alpha value is -2.33. The van der Waals surface area contributed by atoms with Gasteiger partial charge in [0.1, 0.15) is 6.04 Å². The maximum Gasteiger partial charge on any atom is 0.303 e. The quantitative estimate of drug-likeness (QED) is 0.624. The number of halogens is 1. The summed E-state index contributed by atoms with van der Waals surface area (Å²) in [5.41, 5.74) is 1.80. The Morgan fingerprint density at radius 2 is 1.75 bits per heavy atom. The lowest BCUT2D eigenvalue weighted by Crippen LogP contribution is -2.60. The van der Waals surface area contributed by atoms with Crippen molar-refractivity contribution in [2.75, 3.05) is 0 Å². The van der Waals surface area contributed by atoms with E-state index in [4.69, 9.17) is 16.3 Å². The van der Waals surface area contributed by atoms with Gasteiger partial charge in [0.05, 0.1) is 6.04 Å². The summed E-state index contributed by atoms with van der Waals surface area (Å²) < 4.78 is 5.25. The molecule has 24 heavy (non-hydrogen) atoms.